The highest BCUT2D eigenvalue weighted by Crippen LogP contribution is 2.00. The molecule has 0 heterocycles. The lowest BCUT2D eigenvalue weighted by atomic mass is 10.1. The van der Waals surface area contributed by atoms with Crippen LogP contribution in [0.25, 0.3) is 0 Å². The van der Waals surface area contributed by atoms with Crippen molar-refractivity contribution in [2.75, 3.05) is 0 Å². The Morgan fingerprint density at radius 2 is 2.33 bits per heavy atom. The van der Waals surface area contributed by atoms with Gasteiger partial charge in [-0.2, -0.15) is 0 Å². The molecule has 0 N–H and O–H groups in total. The number of hydrogen-bond donors (Lipinski definition) is 0. The summed E-state index contributed by atoms with van der Waals surface area (Å²) in [7, 11) is 0. The fourth-order valence-electron chi connectivity index (χ4n) is 0.408. The van der Waals surface area contributed by atoms with Crippen molar-refractivity contribution in [3.8, 4) is 0 Å². The first-order chi connectivity index (χ1) is 3.27. The Morgan fingerprint density at radius 3 is 2.50 bits per heavy atom. The molecule has 0 saturated carbocycles. The topological polar surface area (TPSA) is 0 Å². The highest BCUT2D eigenvalue weighted by atomic mass is 13.9. The van der Waals surface area contributed by atoms with E-state index < -0.39 is 0 Å². The third-order valence-electron chi connectivity index (χ3n) is 0.781. The Labute approximate surface area is 42.0 Å². The summed E-state index contributed by atoms with van der Waals surface area (Å²) in [6.45, 7) is 4.98. The standard InChI is InChI=1S/C6H14/c1-4-5-6(2)3/h6H,4-5H2,1-3H3/i1T. The summed E-state index contributed by atoms with van der Waals surface area (Å²) in [4.78, 5) is 0. The molecule has 0 unspecified atom stereocenters. The monoisotopic (exact) mass is 88.1 g/mol. The van der Waals surface area contributed by atoms with Crippen molar-refractivity contribution in [3.63, 3.8) is 0 Å². The van der Waals surface area contributed by atoms with Crippen LogP contribution in [-0.4, -0.2) is 0 Å². The van der Waals surface area contributed by atoms with Crippen molar-refractivity contribution in [2.45, 2.75) is 33.6 Å². The molecule has 0 aromatic carbocycles. The zero-order valence-corrected chi connectivity index (χ0v) is 4.70. The molecule has 0 nitrogen and oxygen atoms in total. The first-order valence-electron chi connectivity index (χ1n) is 3.27. The predicted molar refractivity (Wildman–Crippen MR) is 29.7 cm³/mol. The molecular weight excluding hydrogens is 72.1 g/mol. The molecular formula is C6H14. The lowest BCUT2D eigenvalue weighted by Crippen LogP contribution is -1.81. The van der Waals surface area contributed by atoms with Gasteiger partial charge in [0, 0.05) is 1.37 Å². The summed E-state index contributed by atoms with van der Waals surface area (Å²) in [5, 5.41) is 0. The summed E-state index contributed by atoms with van der Waals surface area (Å²) in [5.74, 6) is 0.783. The van der Waals surface area contributed by atoms with E-state index in [1.165, 1.54) is 6.42 Å². The number of rotatable bonds is 2. The Bertz CT molecular complexity index is 33.2. The molecule has 0 heteroatoms. The molecule has 0 aromatic rings. The van der Waals surface area contributed by atoms with Gasteiger partial charge in [0.15, 0.2) is 0 Å². The molecule has 0 aromatic heterocycles. The maximum atomic E-state index is 6.80. The highest BCUT2D eigenvalue weighted by molar-refractivity contribution is 4.38. The van der Waals surface area contributed by atoms with E-state index in [-0.39, 0.29) is 0 Å². The molecule has 0 aliphatic rings. The van der Waals surface area contributed by atoms with Gasteiger partial charge in [-0.05, 0) is 5.92 Å². The van der Waals surface area contributed by atoms with Crippen molar-refractivity contribution >= 4 is 0 Å². The largest absolute Gasteiger partial charge is 0.0654 e. The predicted octanol–water partition coefficient (Wildman–Crippen LogP) is 2.44. The van der Waals surface area contributed by atoms with Gasteiger partial charge in [-0.25, -0.2) is 0 Å². The third kappa shape index (κ3) is 4.00. The molecule has 0 radical (unpaired) electrons. The molecule has 0 aliphatic carbocycles. The van der Waals surface area contributed by atoms with E-state index in [0.717, 1.165) is 12.3 Å². The van der Waals surface area contributed by atoms with E-state index in [9.17, 15) is 0 Å². The van der Waals surface area contributed by atoms with Crippen LogP contribution in [-0.2, 0) is 0 Å². The van der Waals surface area contributed by atoms with Gasteiger partial charge in [-0.1, -0.05) is 33.6 Å². The normalized spacial score (nSPS) is 12.2. The van der Waals surface area contributed by atoms with Crippen LogP contribution >= 0.6 is 0 Å². The van der Waals surface area contributed by atoms with Crippen LogP contribution in [0.4, 0.5) is 0 Å². The molecule has 0 fully saturated rings. The summed E-state index contributed by atoms with van der Waals surface area (Å²) < 4.78 is 6.80. The molecule has 0 saturated heterocycles. The van der Waals surface area contributed by atoms with Crippen LogP contribution in [0.1, 0.15) is 35.0 Å². The third-order valence-corrected chi connectivity index (χ3v) is 0.781. The molecule has 0 aliphatic heterocycles. The Balaban J connectivity index is 2.68. The Hall–Kier alpha value is 0. The molecule has 38 valence electrons. The van der Waals surface area contributed by atoms with Crippen molar-refractivity contribution < 1.29 is 1.37 Å². The Morgan fingerprint density at radius 1 is 1.67 bits per heavy atom. The van der Waals surface area contributed by atoms with Crippen LogP contribution in [0, 0.1) is 5.92 Å². The minimum Gasteiger partial charge on any atom is -0.0654 e. The summed E-state index contributed by atoms with van der Waals surface area (Å²) >= 11 is 0. The van der Waals surface area contributed by atoms with E-state index in [0.29, 0.717) is 6.90 Å². The van der Waals surface area contributed by atoms with E-state index in [1.54, 1.807) is 0 Å². The average molecular weight is 88.2 g/mol. The molecule has 0 rings (SSSR count). The number of hydrogen-bond acceptors (Lipinski definition) is 0. The van der Waals surface area contributed by atoms with Crippen LogP contribution in [0.5, 0.6) is 0 Å². The van der Waals surface area contributed by atoms with Gasteiger partial charge in [0.2, 0.25) is 0 Å². The van der Waals surface area contributed by atoms with Gasteiger partial charge in [0.05, 0.1) is 0 Å². The first-order valence-corrected chi connectivity index (χ1v) is 2.56. The minimum atomic E-state index is 0.595. The van der Waals surface area contributed by atoms with Crippen molar-refractivity contribution in [1.29, 1.82) is 0 Å². The molecule has 0 atom stereocenters. The van der Waals surface area contributed by atoms with Gasteiger partial charge < -0.3 is 0 Å². The molecule has 0 amide bonds. The fraction of sp³-hybridized carbons (Fsp3) is 1.00. The lowest BCUT2D eigenvalue weighted by Gasteiger charge is -1.95. The van der Waals surface area contributed by atoms with Crippen LogP contribution < -0.4 is 0 Å². The zero-order chi connectivity index (χ0) is 5.70. The smallest absolute Gasteiger partial charge is 0.0230 e. The maximum Gasteiger partial charge on any atom is 0.0230 e. The molecule has 0 bridgehead atoms. The average Bonchev–Trinajstić information content (AvgIpc) is 1.61. The lowest BCUT2D eigenvalue weighted by molar-refractivity contribution is 0.576. The fourth-order valence-corrected chi connectivity index (χ4v) is 0.408. The molecule has 0 spiro atoms. The molecule has 6 heavy (non-hydrogen) atoms. The Kier molecular flexibility index (Phi) is 2.22. The SMILES string of the molecule is [3H]CCCC(C)C. The van der Waals surface area contributed by atoms with Gasteiger partial charge in [-0.15, -0.1) is 0 Å². The van der Waals surface area contributed by atoms with Gasteiger partial charge >= 0.3 is 0 Å². The van der Waals surface area contributed by atoms with Crippen molar-refractivity contribution in [2.24, 2.45) is 5.92 Å². The van der Waals surface area contributed by atoms with Gasteiger partial charge in [-0.3, -0.25) is 0 Å². The van der Waals surface area contributed by atoms with E-state index in [2.05, 4.69) is 13.8 Å². The van der Waals surface area contributed by atoms with Crippen LogP contribution in [0.2, 0.25) is 0 Å². The van der Waals surface area contributed by atoms with Gasteiger partial charge in [0.1, 0.15) is 0 Å². The van der Waals surface area contributed by atoms with Crippen LogP contribution in [0.3, 0.4) is 0 Å². The highest BCUT2D eigenvalue weighted by Gasteiger charge is 1.85. The summed E-state index contributed by atoms with van der Waals surface area (Å²) in [5.41, 5.74) is 0. The van der Waals surface area contributed by atoms with Crippen molar-refractivity contribution in [3.05, 3.63) is 0 Å². The summed E-state index contributed by atoms with van der Waals surface area (Å²) in [6, 6.07) is 0. The van der Waals surface area contributed by atoms with Crippen LogP contribution in [0.15, 0.2) is 0 Å². The van der Waals surface area contributed by atoms with Gasteiger partial charge in [0.25, 0.3) is 0 Å². The second-order valence-electron chi connectivity index (χ2n) is 2.04. The minimum absolute atomic E-state index is 0.595. The van der Waals surface area contributed by atoms with E-state index >= 15 is 0 Å². The van der Waals surface area contributed by atoms with Crippen molar-refractivity contribution in [1.82, 2.24) is 0 Å². The van der Waals surface area contributed by atoms with E-state index in [4.69, 9.17) is 1.37 Å². The summed E-state index contributed by atoms with van der Waals surface area (Å²) in [6.07, 6.45) is 2.28. The first kappa shape index (κ1) is 4.17. The quantitative estimate of drug-likeness (QED) is 0.486. The maximum absolute atomic E-state index is 6.80. The van der Waals surface area contributed by atoms with E-state index in [1.807, 2.05) is 0 Å². The zero-order valence-electron chi connectivity index (χ0n) is 5.70. The second kappa shape index (κ2) is 3.20. The second-order valence-corrected chi connectivity index (χ2v) is 2.04.